The van der Waals surface area contributed by atoms with Crippen LogP contribution in [-0.4, -0.2) is 32.8 Å². The van der Waals surface area contributed by atoms with Crippen molar-refractivity contribution in [2.75, 3.05) is 6.61 Å². The first-order chi connectivity index (χ1) is 10.2. The molecule has 1 aromatic rings. The van der Waals surface area contributed by atoms with Gasteiger partial charge < -0.3 is 4.74 Å². The largest absolute Gasteiger partial charge is 0.523 e. The average Bonchev–Trinajstić information content (AvgIpc) is 2.45. The highest BCUT2D eigenvalue weighted by atomic mass is 32.2. The molecule has 3 unspecified atom stereocenters. The van der Waals surface area contributed by atoms with Crippen LogP contribution < -0.4 is 0 Å². The molecule has 0 spiro atoms. The molecule has 124 valence electrons. The van der Waals surface area contributed by atoms with Crippen LogP contribution >= 0.6 is 0 Å². The molecule has 0 aromatic heterocycles. The van der Waals surface area contributed by atoms with Crippen LogP contribution in [0.2, 0.25) is 0 Å². The van der Waals surface area contributed by atoms with E-state index in [9.17, 15) is 26.0 Å². The van der Waals surface area contributed by atoms with Gasteiger partial charge in [0, 0.05) is 5.92 Å². The standard InChI is InChI=1S/C13H14F4O4S/c14-12-10(8-20-7-9-4-2-1-3-5-9)6-11(12)21-22(18,19)13(15,16)17/h1-5,10-12H,6-8H2. The second-order valence-corrected chi connectivity index (χ2v) is 6.54. The number of rotatable bonds is 6. The molecule has 0 heterocycles. The zero-order chi connectivity index (χ0) is 16.4. The Balaban J connectivity index is 1.75. The topological polar surface area (TPSA) is 52.6 Å². The van der Waals surface area contributed by atoms with Crippen molar-refractivity contribution < 1.29 is 34.9 Å². The Morgan fingerprint density at radius 3 is 2.36 bits per heavy atom. The number of ether oxygens (including phenoxy) is 1. The Bertz CT molecular complexity index is 588. The van der Waals surface area contributed by atoms with E-state index in [-0.39, 0.29) is 19.6 Å². The van der Waals surface area contributed by atoms with E-state index in [1.54, 1.807) is 0 Å². The molecule has 3 atom stereocenters. The van der Waals surface area contributed by atoms with Gasteiger partial charge in [0.2, 0.25) is 0 Å². The normalized spacial score (nSPS) is 25.7. The zero-order valence-corrected chi connectivity index (χ0v) is 12.1. The minimum absolute atomic E-state index is 0.0119. The predicted molar refractivity (Wildman–Crippen MR) is 68.9 cm³/mol. The van der Waals surface area contributed by atoms with Gasteiger partial charge in [-0.2, -0.15) is 21.6 Å². The fourth-order valence-electron chi connectivity index (χ4n) is 2.04. The molecule has 1 fully saturated rings. The molecule has 9 heteroatoms. The van der Waals surface area contributed by atoms with Crippen molar-refractivity contribution in [2.45, 2.75) is 30.8 Å². The number of hydrogen-bond acceptors (Lipinski definition) is 4. The first kappa shape index (κ1) is 17.2. The number of alkyl halides is 4. The van der Waals surface area contributed by atoms with E-state index in [1.165, 1.54) is 0 Å². The molecule has 1 aliphatic rings. The molecule has 2 rings (SSSR count). The summed E-state index contributed by atoms with van der Waals surface area (Å²) in [6.45, 7) is 0.235. The molecule has 0 radical (unpaired) electrons. The summed E-state index contributed by atoms with van der Waals surface area (Å²) >= 11 is 0. The van der Waals surface area contributed by atoms with E-state index in [0.29, 0.717) is 0 Å². The van der Waals surface area contributed by atoms with E-state index in [1.807, 2.05) is 30.3 Å². The number of halogens is 4. The van der Waals surface area contributed by atoms with Crippen LogP contribution in [0.25, 0.3) is 0 Å². The molecule has 1 aromatic carbocycles. The lowest BCUT2D eigenvalue weighted by molar-refractivity contribution is -0.0946. The second-order valence-electron chi connectivity index (χ2n) is 4.98. The summed E-state index contributed by atoms with van der Waals surface area (Å²) in [5, 5.41) is 0. The van der Waals surface area contributed by atoms with Crippen molar-refractivity contribution in [3.05, 3.63) is 35.9 Å². The lowest BCUT2D eigenvalue weighted by Crippen LogP contribution is -2.49. The second kappa shape index (κ2) is 6.51. The van der Waals surface area contributed by atoms with E-state index < -0.39 is 33.8 Å². The van der Waals surface area contributed by atoms with Crippen LogP contribution in [0.5, 0.6) is 0 Å². The summed E-state index contributed by atoms with van der Waals surface area (Å²) in [4.78, 5) is 0. The number of benzene rings is 1. The molecule has 0 N–H and O–H groups in total. The van der Waals surface area contributed by atoms with Crippen LogP contribution in [0.1, 0.15) is 12.0 Å². The summed E-state index contributed by atoms with van der Waals surface area (Å²) in [6.07, 6.45) is -3.53. The molecule has 0 aliphatic heterocycles. The van der Waals surface area contributed by atoms with E-state index in [4.69, 9.17) is 4.74 Å². The van der Waals surface area contributed by atoms with Crippen molar-refractivity contribution in [1.82, 2.24) is 0 Å². The first-order valence-electron chi connectivity index (χ1n) is 6.46. The SMILES string of the molecule is O=S(=O)(OC1CC(COCc2ccccc2)C1F)C(F)(F)F. The Hall–Kier alpha value is -1.19. The summed E-state index contributed by atoms with van der Waals surface area (Å²) in [5.41, 5.74) is -4.66. The van der Waals surface area contributed by atoms with Crippen molar-refractivity contribution in [3.63, 3.8) is 0 Å². The first-order valence-corrected chi connectivity index (χ1v) is 7.87. The third kappa shape index (κ3) is 3.96. The highest BCUT2D eigenvalue weighted by Gasteiger charge is 2.53. The molecular formula is C13H14F4O4S. The van der Waals surface area contributed by atoms with Crippen molar-refractivity contribution in [2.24, 2.45) is 5.92 Å². The van der Waals surface area contributed by atoms with Gasteiger partial charge in [-0.05, 0) is 12.0 Å². The molecule has 22 heavy (non-hydrogen) atoms. The van der Waals surface area contributed by atoms with Crippen LogP contribution in [-0.2, 0) is 25.6 Å². The smallest absolute Gasteiger partial charge is 0.376 e. The maximum Gasteiger partial charge on any atom is 0.523 e. The van der Waals surface area contributed by atoms with Gasteiger partial charge in [-0.25, -0.2) is 4.39 Å². The minimum atomic E-state index is -5.76. The summed E-state index contributed by atoms with van der Waals surface area (Å²) in [7, 11) is -5.76. The summed E-state index contributed by atoms with van der Waals surface area (Å²) in [6, 6.07) is 9.08. The quantitative estimate of drug-likeness (QED) is 0.453. The van der Waals surface area contributed by atoms with Crippen LogP contribution in [0, 0.1) is 5.92 Å². The average molecular weight is 342 g/mol. The van der Waals surface area contributed by atoms with Gasteiger partial charge in [0.05, 0.1) is 13.2 Å². The van der Waals surface area contributed by atoms with Gasteiger partial charge in [0.25, 0.3) is 0 Å². The maximum absolute atomic E-state index is 13.7. The van der Waals surface area contributed by atoms with Gasteiger partial charge in [-0.15, -0.1) is 0 Å². The molecule has 1 saturated carbocycles. The highest BCUT2D eigenvalue weighted by molar-refractivity contribution is 7.87. The maximum atomic E-state index is 13.7. The predicted octanol–water partition coefficient (Wildman–Crippen LogP) is 2.80. The fraction of sp³-hybridized carbons (Fsp3) is 0.538. The monoisotopic (exact) mass is 342 g/mol. The fourth-order valence-corrected chi connectivity index (χ4v) is 2.66. The Kier molecular flexibility index (Phi) is 5.08. The lowest BCUT2D eigenvalue weighted by Gasteiger charge is -2.38. The van der Waals surface area contributed by atoms with Gasteiger partial charge in [-0.1, -0.05) is 30.3 Å². The van der Waals surface area contributed by atoms with Gasteiger partial charge in [0.1, 0.15) is 12.3 Å². The van der Waals surface area contributed by atoms with Gasteiger partial charge in [-0.3, -0.25) is 4.18 Å². The Labute approximate surface area is 125 Å². The minimum Gasteiger partial charge on any atom is -0.376 e. The highest BCUT2D eigenvalue weighted by Crippen LogP contribution is 2.37. The molecular weight excluding hydrogens is 328 g/mol. The van der Waals surface area contributed by atoms with E-state index in [2.05, 4.69) is 4.18 Å². The van der Waals surface area contributed by atoms with Gasteiger partial charge >= 0.3 is 15.6 Å². The third-order valence-corrected chi connectivity index (χ3v) is 4.39. The van der Waals surface area contributed by atoms with Crippen molar-refractivity contribution >= 4 is 10.1 Å². The summed E-state index contributed by atoms with van der Waals surface area (Å²) in [5.74, 6) is -0.669. The third-order valence-electron chi connectivity index (χ3n) is 3.32. The zero-order valence-electron chi connectivity index (χ0n) is 11.3. The van der Waals surface area contributed by atoms with E-state index >= 15 is 0 Å². The molecule has 4 nitrogen and oxygen atoms in total. The van der Waals surface area contributed by atoms with Crippen LogP contribution in [0.3, 0.4) is 0 Å². The van der Waals surface area contributed by atoms with Gasteiger partial charge in [0.15, 0.2) is 0 Å². The van der Waals surface area contributed by atoms with Crippen molar-refractivity contribution in [1.29, 1.82) is 0 Å². The van der Waals surface area contributed by atoms with Crippen molar-refractivity contribution in [3.8, 4) is 0 Å². The van der Waals surface area contributed by atoms with Crippen LogP contribution in [0.15, 0.2) is 30.3 Å². The Morgan fingerprint density at radius 2 is 1.82 bits per heavy atom. The summed E-state index contributed by atoms with van der Waals surface area (Å²) < 4.78 is 80.6. The lowest BCUT2D eigenvalue weighted by atomic mass is 9.81. The molecule has 0 bridgehead atoms. The molecule has 0 saturated heterocycles. The number of hydrogen-bond donors (Lipinski definition) is 0. The van der Waals surface area contributed by atoms with E-state index in [0.717, 1.165) is 5.56 Å². The Morgan fingerprint density at radius 1 is 1.18 bits per heavy atom. The molecule has 1 aliphatic carbocycles. The molecule has 0 amide bonds. The van der Waals surface area contributed by atoms with Crippen LogP contribution in [0.4, 0.5) is 17.6 Å².